The van der Waals surface area contributed by atoms with E-state index in [9.17, 15) is 19.5 Å². The minimum Gasteiger partial charge on any atom is -0.480 e. The summed E-state index contributed by atoms with van der Waals surface area (Å²) >= 11 is 0. The predicted molar refractivity (Wildman–Crippen MR) is 131 cm³/mol. The number of nitrogens with zero attached hydrogens (tertiary/aromatic N) is 1. The maximum absolute atomic E-state index is 13.1. The Morgan fingerprint density at radius 3 is 2.31 bits per heavy atom. The van der Waals surface area contributed by atoms with Gasteiger partial charge < -0.3 is 20.1 Å². The van der Waals surface area contributed by atoms with E-state index >= 15 is 0 Å². The molecule has 0 radical (unpaired) electrons. The summed E-state index contributed by atoms with van der Waals surface area (Å²) in [7, 11) is 0. The lowest BCUT2D eigenvalue weighted by Crippen LogP contribution is -2.48. The molecule has 0 aromatic heterocycles. The number of carbonyl (C=O) groups excluding carboxylic acids is 2. The van der Waals surface area contributed by atoms with Gasteiger partial charge >= 0.3 is 12.1 Å². The van der Waals surface area contributed by atoms with Gasteiger partial charge in [-0.25, -0.2) is 9.59 Å². The van der Waals surface area contributed by atoms with E-state index in [1.807, 2.05) is 31.2 Å². The molecule has 35 heavy (non-hydrogen) atoms. The van der Waals surface area contributed by atoms with Crippen LogP contribution in [0.2, 0.25) is 0 Å². The molecule has 0 spiro atoms. The number of fused-ring (bicyclic) bond motifs is 3. The van der Waals surface area contributed by atoms with Crippen LogP contribution in [0, 0.1) is 11.8 Å². The summed E-state index contributed by atoms with van der Waals surface area (Å²) in [4.78, 5) is 39.1. The Kier molecular flexibility index (Phi) is 6.50. The summed E-state index contributed by atoms with van der Waals surface area (Å²) in [5.41, 5.74) is 4.69. The number of amides is 2. The van der Waals surface area contributed by atoms with Crippen LogP contribution >= 0.6 is 0 Å². The Morgan fingerprint density at radius 2 is 1.66 bits per heavy atom. The van der Waals surface area contributed by atoms with Gasteiger partial charge in [0.05, 0.1) is 0 Å². The zero-order valence-corrected chi connectivity index (χ0v) is 20.0. The fourth-order valence-electron chi connectivity index (χ4n) is 6.16. The topological polar surface area (TPSA) is 95.9 Å². The monoisotopic (exact) mass is 476 g/mol. The van der Waals surface area contributed by atoms with Crippen molar-refractivity contribution >= 4 is 18.0 Å². The number of likely N-dealkylation sites (tertiary alicyclic amines) is 1. The van der Waals surface area contributed by atoms with Crippen LogP contribution in [0.25, 0.3) is 11.1 Å². The lowest BCUT2D eigenvalue weighted by atomic mass is 9.84. The van der Waals surface area contributed by atoms with E-state index in [1.165, 1.54) is 16.0 Å². The Morgan fingerprint density at radius 1 is 1.00 bits per heavy atom. The molecule has 1 saturated carbocycles. The average Bonchev–Trinajstić information content (AvgIpc) is 3.40. The third-order valence-corrected chi connectivity index (χ3v) is 7.93. The zero-order chi connectivity index (χ0) is 24.5. The molecule has 2 N–H and O–H groups in total. The fraction of sp³-hybridized carbons (Fsp3) is 0.464. The van der Waals surface area contributed by atoms with Gasteiger partial charge in [0.25, 0.3) is 0 Å². The maximum Gasteiger partial charge on any atom is 0.407 e. The first kappa shape index (κ1) is 23.4. The lowest BCUT2D eigenvalue weighted by Gasteiger charge is -2.33. The zero-order valence-electron chi connectivity index (χ0n) is 20.0. The minimum atomic E-state index is -0.938. The molecule has 1 aliphatic heterocycles. The summed E-state index contributed by atoms with van der Waals surface area (Å²) in [6, 6.07) is 15.5. The van der Waals surface area contributed by atoms with Crippen molar-refractivity contribution in [2.75, 3.05) is 13.2 Å². The van der Waals surface area contributed by atoms with E-state index in [0.717, 1.165) is 30.4 Å². The predicted octanol–water partition coefficient (Wildman–Crippen LogP) is 4.41. The van der Waals surface area contributed by atoms with Crippen molar-refractivity contribution in [2.24, 2.45) is 11.8 Å². The van der Waals surface area contributed by atoms with Crippen LogP contribution in [0.1, 0.15) is 56.1 Å². The van der Waals surface area contributed by atoms with E-state index in [1.54, 1.807) is 0 Å². The number of rotatable bonds is 5. The molecular weight excluding hydrogens is 444 g/mol. The SMILES string of the molecule is CC1CCN(C(=O)C2CCCC(NC(=O)OCC3c4ccccc4-c4ccccc43)C2)C1C(=O)O. The lowest BCUT2D eigenvalue weighted by molar-refractivity contribution is -0.151. The quantitative estimate of drug-likeness (QED) is 0.667. The van der Waals surface area contributed by atoms with Crippen LogP contribution in [0.4, 0.5) is 4.79 Å². The third kappa shape index (κ3) is 4.51. The van der Waals surface area contributed by atoms with Crippen LogP contribution in [-0.4, -0.2) is 53.2 Å². The number of hydrogen-bond donors (Lipinski definition) is 2. The molecular formula is C28H32N2O5. The van der Waals surface area contributed by atoms with Gasteiger partial charge in [-0.1, -0.05) is 61.9 Å². The smallest absolute Gasteiger partial charge is 0.407 e. The number of nitrogens with one attached hydrogen (secondary N) is 1. The average molecular weight is 477 g/mol. The van der Waals surface area contributed by atoms with Gasteiger partial charge in [0.15, 0.2) is 0 Å². The summed E-state index contributed by atoms with van der Waals surface area (Å²) in [6.07, 6.45) is 3.07. The normalized spacial score (nSPS) is 25.6. The van der Waals surface area contributed by atoms with Crippen LogP contribution in [0.5, 0.6) is 0 Å². The van der Waals surface area contributed by atoms with Gasteiger partial charge in [-0.3, -0.25) is 4.79 Å². The number of aliphatic carboxylic acids is 1. The molecule has 4 atom stereocenters. The van der Waals surface area contributed by atoms with E-state index < -0.39 is 18.1 Å². The summed E-state index contributed by atoms with van der Waals surface area (Å²) in [5, 5.41) is 12.5. The van der Waals surface area contributed by atoms with E-state index in [2.05, 4.69) is 29.6 Å². The Hall–Kier alpha value is -3.35. The molecule has 2 fully saturated rings. The van der Waals surface area contributed by atoms with Crippen molar-refractivity contribution in [1.29, 1.82) is 0 Å². The summed E-state index contributed by atoms with van der Waals surface area (Å²) in [6.45, 7) is 2.62. The molecule has 5 rings (SSSR count). The molecule has 4 unspecified atom stereocenters. The van der Waals surface area contributed by atoms with Gasteiger partial charge in [0, 0.05) is 24.4 Å². The molecule has 184 valence electrons. The van der Waals surface area contributed by atoms with Gasteiger partial charge in [-0.15, -0.1) is 0 Å². The second kappa shape index (κ2) is 9.72. The standard InChI is InChI=1S/C28H32N2O5/c1-17-13-14-30(25(17)27(32)33)26(31)18-7-6-8-19(15-18)29-28(34)35-16-24-22-11-4-2-9-20(22)21-10-3-5-12-23(21)24/h2-5,9-12,17-19,24-25H,6-8,13-16H2,1H3,(H,29,34)(H,32,33). The molecule has 7 heteroatoms. The van der Waals surface area contributed by atoms with E-state index in [4.69, 9.17) is 4.74 Å². The first-order valence-corrected chi connectivity index (χ1v) is 12.6. The second-order valence-corrected chi connectivity index (χ2v) is 10.1. The molecule has 2 aliphatic carbocycles. The number of carboxylic acids is 1. The van der Waals surface area contributed by atoms with Crippen LogP contribution in [-0.2, 0) is 14.3 Å². The number of carbonyl (C=O) groups is 3. The van der Waals surface area contributed by atoms with Gasteiger partial charge in [-0.05, 0) is 53.9 Å². The van der Waals surface area contributed by atoms with Gasteiger partial charge in [0.2, 0.25) is 5.91 Å². The van der Waals surface area contributed by atoms with Crippen molar-refractivity contribution in [3.63, 3.8) is 0 Å². The molecule has 2 aromatic carbocycles. The van der Waals surface area contributed by atoms with E-state index in [-0.39, 0.29) is 36.3 Å². The summed E-state index contributed by atoms with van der Waals surface area (Å²) in [5.74, 6) is -1.35. The Balaban J connectivity index is 1.18. The van der Waals surface area contributed by atoms with E-state index in [0.29, 0.717) is 19.4 Å². The first-order valence-electron chi connectivity index (χ1n) is 12.6. The summed E-state index contributed by atoms with van der Waals surface area (Å²) < 4.78 is 5.68. The van der Waals surface area contributed by atoms with Crippen LogP contribution < -0.4 is 5.32 Å². The molecule has 0 bridgehead atoms. The maximum atomic E-state index is 13.1. The van der Waals surface area contributed by atoms with Gasteiger partial charge in [0.1, 0.15) is 12.6 Å². The van der Waals surface area contributed by atoms with Crippen LogP contribution in [0.3, 0.4) is 0 Å². The molecule has 2 aromatic rings. The highest BCUT2D eigenvalue weighted by atomic mass is 16.5. The number of carboxylic acid groups (broad SMARTS) is 1. The first-order chi connectivity index (χ1) is 16.9. The number of benzene rings is 2. The number of ether oxygens (including phenoxy) is 1. The molecule has 3 aliphatic rings. The Bertz CT molecular complexity index is 1090. The highest BCUT2D eigenvalue weighted by molar-refractivity contribution is 5.86. The minimum absolute atomic E-state index is 0.000981. The van der Waals surface area contributed by atoms with Crippen molar-refractivity contribution in [2.45, 2.75) is 57.0 Å². The van der Waals surface area contributed by atoms with Crippen LogP contribution in [0.15, 0.2) is 48.5 Å². The molecule has 1 heterocycles. The van der Waals surface area contributed by atoms with Crippen molar-refractivity contribution in [3.05, 3.63) is 59.7 Å². The highest BCUT2D eigenvalue weighted by Crippen LogP contribution is 2.44. The third-order valence-electron chi connectivity index (χ3n) is 7.93. The fourth-order valence-corrected chi connectivity index (χ4v) is 6.16. The highest BCUT2D eigenvalue weighted by Gasteiger charge is 2.42. The largest absolute Gasteiger partial charge is 0.480 e. The molecule has 1 saturated heterocycles. The second-order valence-electron chi connectivity index (χ2n) is 10.1. The van der Waals surface area contributed by atoms with Gasteiger partial charge in [-0.2, -0.15) is 0 Å². The molecule has 7 nitrogen and oxygen atoms in total. The van der Waals surface area contributed by atoms with Crippen molar-refractivity contribution in [1.82, 2.24) is 10.2 Å². The molecule has 2 amide bonds. The Labute approximate surface area is 205 Å². The van der Waals surface area contributed by atoms with Crippen molar-refractivity contribution < 1.29 is 24.2 Å². The number of alkyl carbamates (subject to hydrolysis) is 1. The van der Waals surface area contributed by atoms with Crippen molar-refractivity contribution in [3.8, 4) is 11.1 Å². The number of hydrogen-bond acceptors (Lipinski definition) is 4.